The molecule has 0 saturated heterocycles. The minimum absolute atomic E-state index is 0.573. The molecule has 0 amide bonds. The van der Waals surface area contributed by atoms with Crippen LogP contribution in [-0.2, 0) is 6.54 Å². The number of ether oxygens (including phenoxy) is 3. The van der Waals surface area contributed by atoms with Crippen molar-refractivity contribution in [1.29, 1.82) is 0 Å². The fourth-order valence-electron chi connectivity index (χ4n) is 3.91. The van der Waals surface area contributed by atoms with Crippen LogP contribution >= 0.6 is 11.9 Å². The maximum Gasteiger partial charge on any atom is 0.187 e. The first-order valence-electron chi connectivity index (χ1n) is 11.1. The Morgan fingerprint density at radius 2 is 1.79 bits per heavy atom. The van der Waals surface area contributed by atoms with E-state index in [1.54, 1.807) is 21.3 Å². The van der Waals surface area contributed by atoms with Gasteiger partial charge in [-0.15, -0.1) is 0 Å². The van der Waals surface area contributed by atoms with Gasteiger partial charge in [-0.25, -0.2) is 0 Å². The van der Waals surface area contributed by atoms with E-state index >= 15 is 0 Å². The topological polar surface area (TPSA) is 95.6 Å². The second kappa shape index (κ2) is 9.38. The van der Waals surface area contributed by atoms with E-state index < -0.39 is 0 Å². The summed E-state index contributed by atoms with van der Waals surface area (Å²) in [5.74, 6) is 4.05. The highest BCUT2D eigenvalue weighted by Crippen LogP contribution is 2.43. The van der Waals surface area contributed by atoms with Crippen molar-refractivity contribution >= 4 is 40.2 Å². The van der Waals surface area contributed by atoms with Crippen LogP contribution in [0.25, 0.3) is 11.0 Å². The Bertz CT molecular complexity index is 1290. The molecule has 2 aromatic carbocycles. The minimum Gasteiger partial charge on any atom is -0.495 e. The molecule has 34 heavy (non-hydrogen) atoms. The third-order valence-electron chi connectivity index (χ3n) is 5.79. The van der Waals surface area contributed by atoms with Crippen molar-refractivity contribution in [3.63, 3.8) is 0 Å². The molecule has 0 unspecified atom stereocenters. The third-order valence-corrected chi connectivity index (χ3v) is 6.70. The van der Waals surface area contributed by atoms with Crippen LogP contribution in [0.2, 0.25) is 0 Å². The molecule has 1 aliphatic carbocycles. The number of aryl methyl sites for hydroxylation is 1. The molecule has 1 fully saturated rings. The standard InChI is InChI=1S/C24H27N5O4S/c1-5-29-17(14-9-10-14)13-22(26-29)25-16-12-20-15(11-21(16)32-4)24(27-33-20)28-34-23-18(30-2)7-6-8-19(23)31-3/h6-8,11-14H,5,9-10H2,1-4H3,(H,25,26)(H,27,28). The quantitative estimate of drug-likeness (QED) is 0.272. The van der Waals surface area contributed by atoms with Crippen LogP contribution in [0.4, 0.5) is 17.3 Å². The number of methoxy groups -OCH3 is 3. The molecular formula is C24H27N5O4S. The van der Waals surface area contributed by atoms with E-state index in [1.807, 2.05) is 30.3 Å². The van der Waals surface area contributed by atoms with Crippen molar-refractivity contribution in [2.45, 2.75) is 37.1 Å². The molecule has 1 aliphatic rings. The van der Waals surface area contributed by atoms with Gasteiger partial charge in [0.1, 0.15) is 22.1 Å². The summed E-state index contributed by atoms with van der Waals surface area (Å²) in [5, 5.41) is 13.1. The van der Waals surface area contributed by atoms with Gasteiger partial charge in [-0.2, -0.15) is 5.10 Å². The SMILES string of the molecule is CCn1nc(Nc2cc3onc(NSc4c(OC)cccc4OC)c3cc2OC)cc1C1CC1. The first-order valence-corrected chi connectivity index (χ1v) is 11.9. The molecule has 2 N–H and O–H groups in total. The summed E-state index contributed by atoms with van der Waals surface area (Å²) >= 11 is 1.34. The summed E-state index contributed by atoms with van der Waals surface area (Å²) < 4.78 is 27.5. The fraction of sp³-hybridized carbons (Fsp3) is 0.333. The fourth-order valence-corrected chi connectivity index (χ4v) is 4.76. The number of rotatable bonds is 10. The Labute approximate surface area is 201 Å². The maximum absolute atomic E-state index is 5.67. The summed E-state index contributed by atoms with van der Waals surface area (Å²) in [6.07, 6.45) is 2.46. The average molecular weight is 482 g/mol. The summed E-state index contributed by atoms with van der Waals surface area (Å²) in [6.45, 7) is 2.95. The molecular weight excluding hydrogens is 454 g/mol. The predicted octanol–water partition coefficient (Wildman–Crippen LogP) is 5.81. The van der Waals surface area contributed by atoms with Crippen LogP contribution in [0.5, 0.6) is 17.2 Å². The van der Waals surface area contributed by atoms with Crippen LogP contribution in [0.15, 0.2) is 45.8 Å². The second-order valence-corrected chi connectivity index (χ2v) is 8.76. The number of hydrogen-bond acceptors (Lipinski definition) is 9. The zero-order chi connectivity index (χ0) is 23.7. The molecule has 0 bridgehead atoms. The predicted molar refractivity (Wildman–Crippen MR) is 133 cm³/mol. The van der Waals surface area contributed by atoms with E-state index in [0.29, 0.717) is 34.6 Å². The van der Waals surface area contributed by atoms with Crippen molar-refractivity contribution < 1.29 is 18.7 Å². The largest absolute Gasteiger partial charge is 0.495 e. The van der Waals surface area contributed by atoms with Gasteiger partial charge in [0.15, 0.2) is 17.2 Å². The normalized spacial score (nSPS) is 13.2. The van der Waals surface area contributed by atoms with Gasteiger partial charge in [0.25, 0.3) is 0 Å². The Hall–Kier alpha value is -3.53. The van der Waals surface area contributed by atoms with Crippen LogP contribution in [0.1, 0.15) is 31.4 Å². The molecule has 1 saturated carbocycles. The van der Waals surface area contributed by atoms with Gasteiger partial charge in [-0.05, 0) is 49.9 Å². The molecule has 0 radical (unpaired) electrons. The average Bonchev–Trinajstić information content (AvgIpc) is 3.52. The number of aromatic nitrogens is 3. The van der Waals surface area contributed by atoms with Crippen LogP contribution in [0.3, 0.4) is 0 Å². The molecule has 2 aromatic heterocycles. The zero-order valence-corrected chi connectivity index (χ0v) is 20.4. The van der Waals surface area contributed by atoms with Gasteiger partial charge in [0.2, 0.25) is 0 Å². The van der Waals surface area contributed by atoms with Crippen molar-refractivity contribution in [1.82, 2.24) is 14.9 Å². The number of nitrogens with one attached hydrogen (secondary N) is 2. The Kier molecular flexibility index (Phi) is 6.14. The first kappa shape index (κ1) is 22.3. The van der Waals surface area contributed by atoms with E-state index in [0.717, 1.165) is 28.3 Å². The second-order valence-electron chi connectivity index (χ2n) is 7.95. The number of hydrogen-bond donors (Lipinski definition) is 2. The summed E-state index contributed by atoms with van der Waals surface area (Å²) in [6, 6.07) is 11.5. The molecule has 10 heteroatoms. The van der Waals surface area contributed by atoms with E-state index in [2.05, 4.69) is 32.9 Å². The highest BCUT2D eigenvalue weighted by molar-refractivity contribution is 8.00. The Balaban J connectivity index is 1.41. The lowest BCUT2D eigenvalue weighted by molar-refractivity contribution is 0.376. The van der Waals surface area contributed by atoms with Crippen molar-refractivity contribution in [3.8, 4) is 17.2 Å². The van der Waals surface area contributed by atoms with Crippen LogP contribution in [0, 0.1) is 0 Å². The Morgan fingerprint density at radius 1 is 1.06 bits per heavy atom. The summed E-state index contributed by atoms with van der Waals surface area (Å²) in [7, 11) is 4.89. The molecule has 5 rings (SSSR count). The van der Waals surface area contributed by atoms with Gasteiger partial charge in [-0.1, -0.05) is 11.2 Å². The number of anilines is 3. The van der Waals surface area contributed by atoms with Gasteiger partial charge in [-0.3, -0.25) is 4.68 Å². The number of benzene rings is 2. The molecule has 0 spiro atoms. The van der Waals surface area contributed by atoms with Crippen molar-refractivity contribution in [2.75, 3.05) is 31.4 Å². The molecule has 0 aliphatic heterocycles. The van der Waals surface area contributed by atoms with Gasteiger partial charge in [0.05, 0.1) is 32.4 Å². The van der Waals surface area contributed by atoms with Gasteiger partial charge < -0.3 is 28.8 Å². The lowest BCUT2D eigenvalue weighted by Crippen LogP contribution is -2.02. The molecule has 0 atom stereocenters. The minimum atomic E-state index is 0.573. The van der Waals surface area contributed by atoms with Gasteiger partial charge >= 0.3 is 0 Å². The van der Waals surface area contributed by atoms with E-state index in [9.17, 15) is 0 Å². The summed E-state index contributed by atoms with van der Waals surface area (Å²) in [5.41, 5.74) is 2.66. The monoisotopic (exact) mass is 481 g/mol. The molecule has 178 valence electrons. The van der Waals surface area contributed by atoms with Gasteiger partial charge in [0, 0.05) is 30.3 Å². The van der Waals surface area contributed by atoms with Crippen LogP contribution < -0.4 is 24.2 Å². The highest BCUT2D eigenvalue weighted by atomic mass is 32.2. The Morgan fingerprint density at radius 3 is 2.44 bits per heavy atom. The first-order chi connectivity index (χ1) is 16.6. The van der Waals surface area contributed by atoms with Crippen LogP contribution in [-0.4, -0.2) is 36.3 Å². The lowest BCUT2D eigenvalue weighted by Gasteiger charge is -2.12. The van der Waals surface area contributed by atoms with Crippen molar-refractivity contribution in [2.24, 2.45) is 0 Å². The maximum atomic E-state index is 5.67. The smallest absolute Gasteiger partial charge is 0.187 e. The molecule has 9 nitrogen and oxygen atoms in total. The van der Waals surface area contributed by atoms with E-state index in [4.69, 9.17) is 23.8 Å². The number of nitrogens with zero attached hydrogens (tertiary/aromatic N) is 3. The lowest BCUT2D eigenvalue weighted by atomic mass is 10.2. The molecule has 2 heterocycles. The zero-order valence-electron chi connectivity index (χ0n) is 19.5. The summed E-state index contributed by atoms with van der Waals surface area (Å²) in [4.78, 5) is 0.812. The van der Waals surface area contributed by atoms with E-state index in [1.165, 1.54) is 30.5 Å². The molecule has 4 aromatic rings. The third kappa shape index (κ3) is 4.21. The highest BCUT2D eigenvalue weighted by Gasteiger charge is 2.28. The van der Waals surface area contributed by atoms with E-state index in [-0.39, 0.29) is 0 Å². The number of fused-ring (bicyclic) bond motifs is 1. The van der Waals surface area contributed by atoms with Crippen molar-refractivity contribution in [3.05, 3.63) is 42.1 Å².